The van der Waals surface area contributed by atoms with E-state index in [4.69, 9.17) is 25.8 Å². The van der Waals surface area contributed by atoms with E-state index in [-0.39, 0.29) is 24.0 Å². The molecule has 0 amide bonds. The van der Waals surface area contributed by atoms with Crippen LogP contribution >= 0.6 is 35.6 Å². The fourth-order valence-corrected chi connectivity index (χ4v) is 2.98. The second-order valence-corrected chi connectivity index (χ2v) is 6.31. The Balaban J connectivity index is 0.00000420. The summed E-state index contributed by atoms with van der Waals surface area (Å²) >= 11 is 6.34. The fraction of sp³-hybridized carbons (Fsp3) is 0.381. The minimum atomic E-state index is 0. The molecule has 0 radical (unpaired) electrons. The van der Waals surface area contributed by atoms with Crippen molar-refractivity contribution in [3.63, 3.8) is 0 Å². The van der Waals surface area contributed by atoms with Gasteiger partial charge >= 0.3 is 0 Å². The lowest BCUT2D eigenvalue weighted by Crippen LogP contribution is -2.36. The second kappa shape index (κ2) is 13.4. The van der Waals surface area contributed by atoms with Crippen molar-refractivity contribution in [2.24, 2.45) is 4.99 Å². The van der Waals surface area contributed by atoms with Crippen molar-refractivity contribution in [1.29, 1.82) is 0 Å². The van der Waals surface area contributed by atoms with Crippen LogP contribution in [0, 0.1) is 0 Å². The average molecular weight is 534 g/mol. The molecule has 6 nitrogen and oxygen atoms in total. The predicted molar refractivity (Wildman–Crippen MR) is 129 cm³/mol. The number of halogens is 2. The summed E-state index contributed by atoms with van der Waals surface area (Å²) in [5.74, 6) is 2.71. The van der Waals surface area contributed by atoms with Crippen LogP contribution in [0.1, 0.15) is 25.0 Å². The number of rotatable bonds is 9. The molecule has 0 heterocycles. The Labute approximate surface area is 195 Å². The molecule has 0 aliphatic carbocycles. The number of ether oxygens (including phenoxy) is 3. The number of methoxy groups -OCH3 is 2. The molecule has 0 spiro atoms. The van der Waals surface area contributed by atoms with E-state index in [1.807, 2.05) is 50.2 Å². The molecule has 0 unspecified atom stereocenters. The van der Waals surface area contributed by atoms with Crippen LogP contribution in [0.2, 0.25) is 5.02 Å². The monoisotopic (exact) mass is 533 g/mol. The summed E-state index contributed by atoms with van der Waals surface area (Å²) < 4.78 is 16.4. The number of aliphatic imine (C=N–C) groups is 1. The molecular formula is C21H29ClIN3O3. The number of para-hydroxylation sites is 1. The summed E-state index contributed by atoms with van der Waals surface area (Å²) in [7, 11) is 3.27. The summed E-state index contributed by atoms with van der Waals surface area (Å²) in [4.78, 5) is 4.65. The molecule has 2 aromatic rings. The van der Waals surface area contributed by atoms with E-state index in [1.165, 1.54) is 0 Å². The van der Waals surface area contributed by atoms with Gasteiger partial charge in [0.2, 0.25) is 0 Å². The maximum Gasteiger partial charge on any atom is 0.191 e. The van der Waals surface area contributed by atoms with Gasteiger partial charge in [-0.25, -0.2) is 4.99 Å². The summed E-state index contributed by atoms with van der Waals surface area (Å²) in [6.45, 7) is 6.25. The highest BCUT2D eigenvalue weighted by Gasteiger charge is 2.12. The number of nitrogens with one attached hydrogen (secondary N) is 2. The van der Waals surface area contributed by atoms with Crippen molar-refractivity contribution < 1.29 is 14.2 Å². The van der Waals surface area contributed by atoms with Crippen molar-refractivity contribution in [2.45, 2.75) is 26.9 Å². The van der Waals surface area contributed by atoms with E-state index in [0.29, 0.717) is 42.2 Å². The predicted octanol–water partition coefficient (Wildman–Crippen LogP) is 4.63. The minimum absolute atomic E-state index is 0. The lowest BCUT2D eigenvalue weighted by atomic mass is 10.2. The molecule has 160 valence electrons. The number of benzene rings is 2. The van der Waals surface area contributed by atoms with Gasteiger partial charge < -0.3 is 24.8 Å². The molecule has 0 aliphatic heterocycles. The minimum Gasteiger partial charge on any atom is -0.496 e. The first-order valence-electron chi connectivity index (χ1n) is 9.26. The number of hydrogen-bond acceptors (Lipinski definition) is 4. The molecule has 2 rings (SSSR count). The Bertz CT molecular complexity index is 803. The average Bonchev–Trinajstić information content (AvgIpc) is 2.71. The van der Waals surface area contributed by atoms with Gasteiger partial charge in [0.15, 0.2) is 17.5 Å². The van der Waals surface area contributed by atoms with Crippen LogP contribution < -0.4 is 24.8 Å². The molecule has 2 N–H and O–H groups in total. The van der Waals surface area contributed by atoms with Gasteiger partial charge in [-0.3, -0.25) is 0 Å². The van der Waals surface area contributed by atoms with Crippen molar-refractivity contribution in [2.75, 3.05) is 27.4 Å². The van der Waals surface area contributed by atoms with Gasteiger partial charge in [-0.1, -0.05) is 29.8 Å². The zero-order chi connectivity index (χ0) is 20.4. The highest BCUT2D eigenvalue weighted by Crippen LogP contribution is 2.36. The highest BCUT2D eigenvalue weighted by molar-refractivity contribution is 14.0. The summed E-state index contributed by atoms with van der Waals surface area (Å²) in [5.41, 5.74) is 1.99. The summed E-state index contributed by atoms with van der Waals surface area (Å²) in [5, 5.41) is 7.08. The fourth-order valence-electron chi connectivity index (χ4n) is 2.69. The van der Waals surface area contributed by atoms with E-state index < -0.39 is 0 Å². The second-order valence-electron chi connectivity index (χ2n) is 5.90. The Kier molecular flexibility index (Phi) is 11.6. The number of hydrogen-bond donors (Lipinski definition) is 2. The van der Waals surface area contributed by atoms with Gasteiger partial charge in [-0.15, -0.1) is 24.0 Å². The van der Waals surface area contributed by atoms with Crippen LogP contribution in [0.25, 0.3) is 0 Å². The smallest absolute Gasteiger partial charge is 0.191 e. The summed E-state index contributed by atoms with van der Waals surface area (Å²) in [6.07, 6.45) is 0. The lowest BCUT2D eigenvalue weighted by Gasteiger charge is -2.14. The van der Waals surface area contributed by atoms with Crippen LogP contribution in [0.3, 0.4) is 0 Å². The third-order valence-electron chi connectivity index (χ3n) is 3.98. The standard InChI is InChI=1S/C21H28ClN3O3.HI/c1-5-23-21(25-14-16-9-7-8-10-18(16)26-3)24-13-15-11-17(22)20(28-6-2)19(12-15)27-4;/h7-12H,5-6,13-14H2,1-4H3,(H2,23,24,25);1H. The molecule has 2 aromatic carbocycles. The molecule has 0 saturated carbocycles. The van der Waals surface area contributed by atoms with Crippen LogP contribution in [0.15, 0.2) is 41.4 Å². The number of nitrogens with zero attached hydrogens (tertiary/aromatic N) is 1. The molecule has 29 heavy (non-hydrogen) atoms. The zero-order valence-corrected chi connectivity index (χ0v) is 20.3. The molecule has 8 heteroatoms. The van der Waals surface area contributed by atoms with E-state index in [1.54, 1.807) is 14.2 Å². The first kappa shape index (κ1) is 25.2. The molecular weight excluding hydrogens is 505 g/mol. The van der Waals surface area contributed by atoms with Crippen LogP contribution in [0.4, 0.5) is 0 Å². The quantitative estimate of drug-likeness (QED) is 0.280. The van der Waals surface area contributed by atoms with E-state index in [0.717, 1.165) is 23.4 Å². The Hall–Kier alpha value is -1.87. The first-order chi connectivity index (χ1) is 13.6. The van der Waals surface area contributed by atoms with Crippen LogP contribution in [-0.2, 0) is 13.1 Å². The lowest BCUT2D eigenvalue weighted by molar-refractivity contribution is 0.311. The summed E-state index contributed by atoms with van der Waals surface area (Å²) in [6, 6.07) is 11.6. The van der Waals surface area contributed by atoms with Crippen molar-refractivity contribution in [3.8, 4) is 17.2 Å². The maximum atomic E-state index is 6.34. The molecule has 0 fully saturated rings. The van der Waals surface area contributed by atoms with Crippen molar-refractivity contribution in [1.82, 2.24) is 10.6 Å². The Morgan fingerprint density at radius 1 is 1.03 bits per heavy atom. The van der Waals surface area contributed by atoms with E-state index in [2.05, 4.69) is 15.6 Å². The Morgan fingerprint density at radius 2 is 1.76 bits per heavy atom. The van der Waals surface area contributed by atoms with Gasteiger partial charge in [0, 0.05) is 18.7 Å². The van der Waals surface area contributed by atoms with Gasteiger partial charge in [0.05, 0.1) is 32.4 Å². The van der Waals surface area contributed by atoms with Gasteiger partial charge in [0.25, 0.3) is 0 Å². The van der Waals surface area contributed by atoms with Gasteiger partial charge in [0.1, 0.15) is 5.75 Å². The maximum absolute atomic E-state index is 6.34. The first-order valence-corrected chi connectivity index (χ1v) is 9.63. The molecule has 0 atom stereocenters. The normalized spacial score (nSPS) is 10.7. The largest absolute Gasteiger partial charge is 0.496 e. The molecule has 0 saturated heterocycles. The van der Waals surface area contributed by atoms with Gasteiger partial charge in [-0.05, 0) is 37.6 Å². The van der Waals surface area contributed by atoms with E-state index in [9.17, 15) is 0 Å². The SMILES string of the molecule is CCNC(=NCc1cc(Cl)c(OCC)c(OC)c1)NCc1ccccc1OC.I. The number of guanidine groups is 1. The van der Waals surface area contributed by atoms with Crippen molar-refractivity contribution >= 4 is 41.5 Å². The Morgan fingerprint density at radius 3 is 2.41 bits per heavy atom. The molecule has 0 aliphatic rings. The van der Waals surface area contributed by atoms with Crippen LogP contribution in [0.5, 0.6) is 17.2 Å². The zero-order valence-electron chi connectivity index (χ0n) is 17.3. The molecule has 0 bridgehead atoms. The molecule has 0 aromatic heterocycles. The third-order valence-corrected chi connectivity index (χ3v) is 4.26. The van der Waals surface area contributed by atoms with Crippen molar-refractivity contribution in [3.05, 3.63) is 52.5 Å². The highest BCUT2D eigenvalue weighted by atomic mass is 127. The third kappa shape index (κ3) is 7.47. The topological polar surface area (TPSA) is 64.1 Å². The van der Waals surface area contributed by atoms with Gasteiger partial charge in [-0.2, -0.15) is 0 Å². The van der Waals surface area contributed by atoms with Crippen LogP contribution in [-0.4, -0.2) is 33.3 Å². The van der Waals surface area contributed by atoms with E-state index >= 15 is 0 Å².